The van der Waals surface area contributed by atoms with Crippen LogP contribution < -0.4 is 11.1 Å². The van der Waals surface area contributed by atoms with Gasteiger partial charge in [-0.2, -0.15) is 0 Å². The standard InChI is InChI=1S/C12H8N4O2/c17-11-9-10(12(18)16-15-11)14-8(6-13-9)7-4-2-1-3-5-7/h1-6H,(H,15,17)(H,16,18). The van der Waals surface area contributed by atoms with E-state index in [1.807, 2.05) is 30.3 Å². The van der Waals surface area contributed by atoms with E-state index in [0.717, 1.165) is 5.56 Å². The average Bonchev–Trinajstić information content (AvgIpc) is 2.44. The third-order valence-electron chi connectivity index (χ3n) is 2.56. The zero-order chi connectivity index (χ0) is 12.5. The Bertz CT molecular complexity index is 821. The molecule has 3 rings (SSSR count). The molecule has 0 fully saturated rings. The Hall–Kier alpha value is -2.76. The first-order valence-corrected chi connectivity index (χ1v) is 5.29. The first-order valence-electron chi connectivity index (χ1n) is 5.29. The summed E-state index contributed by atoms with van der Waals surface area (Å²) < 4.78 is 0. The Morgan fingerprint density at radius 1 is 0.889 bits per heavy atom. The van der Waals surface area contributed by atoms with E-state index in [2.05, 4.69) is 20.2 Å². The molecule has 1 aromatic carbocycles. The number of H-pyrrole nitrogens is 2. The third kappa shape index (κ3) is 1.60. The Morgan fingerprint density at radius 3 is 2.28 bits per heavy atom. The van der Waals surface area contributed by atoms with Gasteiger partial charge < -0.3 is 0 Å². The van der Waals surface area contributed by atoms with Crippen molar-refractivity contribution in [2.24, 2.45) is 0 Å². The molecule has 0 unspecified atom stereocenters. The van der Waals surface area contributed by atoms with Crippen LogP contribution in [0.2, 0.25) is 0 Å². The number of hydrogen-bond acceptors (Lipinski definition) is 4. The fourth-order valence-electron chi connectivity index (χ4n) is 1.69. The normalized spacial score (nSPS) is 10.7. The van der Waals surface area contributed by atoms with Crippen molar-refractivity contribution < 1.29 is 0 Å². The van der Waals surface area contributed by atoms with E-state index < -0.39 is 11.1 Å². The number of nitrogens with one attached hydrogen (secondary N) is 2. The summed E-state index contributed by atoms with van der Waals surface area (Å²) in [6.07, 6.45) is 1.48. The van der Waals surface area contributed by atoms with Crippen molar-refractivity contribution in [3.05, 3.63) is 57.2 Å². The van der Waals surface area contributed by atoms with Gasteiger partial charge in [0.25, 0.3) is 11.1 Å². The molecular weight excluding hydrogens is 232 g/mol. The SMILES string of the molecule is O=c1[nH][nH]c(=O)c2nc(-c3ccccc3)cnc12. The highest BCUT2D eigenvalue weighted by molar-refractivity contribution is 5.74. The van der Waals surface area contributed by atoms with Crippen molar-refractivity contribution in [1.82, 2.24) is 20.2 Å². The maximum Gasteiger partial charge on any atom is 0.290 e. The fourth-order valence-corrected chi connectivity index (χ4v) is 1.69. The lowest BCUT2D eigenvalue weighted by Gasteiger charge is -2.00. The number of rotatable bonds is 1. The van der Waals surface area contributed by atoms with E-state index in [4.69, 9.17) is 0 Å². The summed E-state index contributed by atoms with van der Waals surface area (Å²) in [6, 6.07) is 9.33. The maximum atomic E-state index is 11.6. The molecule has 0 aliphatic rings. The topological polar surface area (TPSA) is 91.5 Å². The molecule has 0 amide bonds. The van der Waals surface area contributed by atoms with Crippen molar-refractivity contribution in [1.29, 1.82) is 0 Å². The molecule has 0 radical (unpaired) electrons. The summed E-state index contributed by atoms with van der Waals surface area (Å²) >= 11 is 0. The van der Waals surface area contributed by atoms with Gasteiger partial charge in [-0.25, -0.2) is 9.97 Å². The third-order valence-corrected chi connectivity index (χ3v) is 2.56. The molecule has 18 heavy (non-hydrogen) atoms. The maximum absolute atomic E-state index is 11.6. The average molecular weight is 240 g/mol. The van der Waals surface area contributed by atoms with Crippen LogP contribution in [-0.4, -0.2) is 20.2 Å². The number of fused-ring (bicyclic) bond motifs is 1. The summed E-state index contributed by atoms with van der Waals surface area (Å²) in [7, 11) is 0. The summed E-state index contributed by atoms with van der Waals surface area (Å²) in [6.45, 7) is 0. The Balaban J connectivity index is 2.33. The Labute approximate surface area is 100 Å². The van der Waals surface area contributed by atoms with E-state index in [0.29, 0.717) is 5.69 Å². The van der Waals surface area contributed by atoms with Crippen molar-refractivity contribution in [3.63, 3.8) is 0 Å². The predicted molar refractivity (Wildman–Crippen MR) is 66.2 cm³/mol. The number of aromatic amines is 2. The van der Waals surface area contributed by atoms with E-state index in [1.165, 1.54) is 6.20 Å². The van der Waals surface area contributed by atoms with Crippen LogP contribution in [0, 0.1) is 0 Å². The predicted octanol–water partition coefficient (Wildman–Crippen LogP) is 0.673. The van der Waals surface area contributed by atoms with Gasteiger partial charge in [0, 0.05) is 5.56 Å². The molecule has 0 spiro atoms. The molecule has 0 bridgehead atoms. The van der Waals surface area contributed by atoms with Crippen molar-refractivity contribution in [3.8, 4) is 11.3 Å². The Kier molecular flexibility index (Phi) is 2.26. The largest absolute Gasteiger partial charge is 0.290 e. The highest BCUT2D eigenvalue weighted by atomic mass is 16.1. The van der Waals surface area contributed by atoms with Crippen LogP contribution in [0.1, 0.15) is 0 Å². The van der Waals surface area contributed by atoms with E-state index in [1.54, 1.807) is 0 Å². The lowest BCUT2D eigenvalue weighted by Crippen LogP contribution is -2.21. The summed E-state index contributed by atoms with van der Waals surface area (Å²) in [5, 5.41) is 4.43. The van der Waals surface area contributed by atoms with Crippen LogP contribution in [0.25, 0.3) is 22.3 Å². The van der Waals surface area contributed by atoms with Gasteiger partial charge in [0.2, 0.25) is 0 Å². The molecule has 2 aromatic heterocycles. The van der Waals surface area contributed by atoms with Gasteiger partial charge >= 0.3 is 0 Å². The molecule has 2 heterocycles. The Morgan fingerprint density at radius 2 is 1.56 bits per heavy atom. The molecule has 0 aliphatic carbocycles. The quantitative estimate of drug-likeness (QED) is 0.654. The van der Waals surface area contributed by atoms with Gasteiger partial charge in [-0.3, -0.25) is 19.8 Å². The second-order valence-electron chi connectivity index (χ2n) is 3.73. The highest BCUT2D eigenvalue weighted by Crippen LogP contribution is 2.15. The van der Waals surface area contributed by atoms with Gasteiger partial charge in [0.05, 0.1) is 11.9 Å². The zero-order valence-electron chi connectivity index (χ0n) is 9.18. The van der Waals surface area contributed by atoms with Gasteiger partial charge in [-0.05, 0) is 0 Å². The molecular formula is C12H8N4O2. The first kappa shape index (κ1) is 10.4. The molecule has 2 N–H and O–H groups in total. The number of hydrogen-bond donors (Lipinski definition) is 2. The number of aromatic nitrogens is 4. The number of benzene rings is 1. The van der Waals surface area contributed by atoms with Crippen molar-refractivity contribution in [2.75, 3.05) is 0 Å². The molecule has 0 saturated carbocycles. The van der Waals surface area contributed by atoms with Gasteiger partial charge in [0.15, 0.2) is 11.0 Å². The lowest BCUT2D eigenvalue weighted by molar-refractivity contribution is 0.961. The van der Waals surface area contributed by atoms with E-state index >= 15 is 0 Å². The van der Waals surface area contributed by atoms with Gasteiger partial charge in [-0.1, -0.05) is 30.3 Å². The molecule has 0 saturated heterocycles. The van der Waals surface area contributed by atoms with Crippen molar-refractivity contribution in [2.45, 2.75) is 0 Å². The molecule has 0 atom stereocenters. The van der Waals surface area contributed by atoms with Crippen LogP contribution in [-0.2, 0) is 0 Å². The molecule has 6 heteroatoms. The molecule has 88 valence electrons. The van der Waals surface area contributed by atoms with Crippen LogP contribution in [0.15, 0.2) is 46.1 Å². The minimum atomic E-state index is -0.463. The summed E-state index contributed by atoms with van der Waals surface area (Å²) in [5.74, 6) is 0. The second kappa shape index (κ2) is 3.92. The minimum Gasteiger partial charge on any atom is -0.266 e. The monoisotopic (exact) mass is 240 g/mol. The summed E-state index contributed by atoms with van der Waals surface area (Å²) in [4.78, 5) is 31.2. The van der Waals surface area contributed by atoms with Crippen LogP contribution in [0.5, 0.6) is 0 Å². The smallest absolute Gasteiger partial charge is 0.266 e. The number of nitrogens with zero attached hydrogens (tertiary/aromatic N) is 2. The van der Waals surface area contributed by atoms with E-state index in [9.17, 15) is 9.59 Å². The van der Waals surface area contributed by atoms with E-state index in [-0.39, 0.29) is 11.0 Å². The lowest BCUT2D eigenvalue weighted by atomic mass is 10.1. The van der Waals surface area contributed by atoms with Gasteiger partial charge in [-0.15, -0.1) is 0 Å². The zero-order valence-corrected chi connectivity index (χ0v) is 9.18. The minimum absolute atomic E-state index is 0.0402. The highest BCUT2D eigenvalue weighted by Gasteiger charge is 2.08. The molecule has 0 aliphatic heterocycles. The van der Waals surface area contributed by atoms with Crippen LogP contribution in [0.3, 0.4) is 0 Å². The summed E-state index contributed by atoms with van der Waals surface area (Å²) in [5.41, 5.74) is 0.552. The van der Waals surface area contributed by atoms with Crippen LogP contribution >= 0.6 is 0 Å². The molecule has 3 aromatic rings. The fraction of sp³-hybridized carbons (Fsp3) is 0. The second-order valence-corrected chi connectivity index (χ2v) is 3.73. The van der Waals surface area contributed by atoms with Crippen molar-refractivity contribution >= 4 is 11.0 Å². The molecule has 6 nitrogen and oxygen atoms in total. The van der Waals surface area contributed by atoms with Crippen LogP contribution in [0.4, 0.5) is 0 Å². The first-order chi connectivity index (χ1) is 8.75. The van der Waals surface area contributed by atoms with Gasteiger partial charge in [0.1, 0.15) is 0 Å².